The first-order valence-corrected chi connectivity index (χ1v) is 10.8. The molecule has 0 fully saturated rings. The van der Waals surface area contributed by atoms with Crippen LogP contribution in [0.2, 0.25) is 0 Å². The highest BCUT2D eigenvalue weighted by atomic mass is 127. The molecule has 0 radical (unpaired) electrons. The molecule has 1 aliphatic rings. The van der Waals surface area contributed by atoms with Crippen molar-refractivity contribution >= 4 is 45.7 Å². The Balaban J connectivity index is 1.65. The number of carbonyl (C=O) groups is 1. The van der Waals surface area contributed by atoms with Crippen LogP contribution >= 0.6 is 22.6 Å². The lowest BCUT2D eigenvalue weighted by molar-refractivity contribution is -0.109. The van der Waals surface area contributed by atoms with Gasteiger partial charge in [-0.05, 0) is 40.8 Å². The van der Waals surface area contributed by atoms with Crippen molar-refractivity contribution in [2.24, 2.45) is 0 Å². The molecule has 1 aliphatic heterocycles. The number of fused-ring (bicyclic) bond motifs is 2. The molecule has 5 rings (SSSR count). The van der Waals surface area contributed by atoms with Crippen LogP contribution < -0.4 is 5.32 Å². The van der Waals surface area contributed by atoms with E-state index in [-0.39, 0.29) is 18.4 Å². The summed E-state index contributed by atoms with van der Waals surface area (Å²) in [6, 6.07) is 9.95. The van der Waals surface area contributed by atoms with Crippen molar-refractivity contribution in [1.29, 1.82) is 0 Å². The number of anilines is 1. The number of carbonyl (C=O) groups excluding carboxylic acids is 1. The van der Waals surface area contributed by atoms with E-state index in [4.69, 9.17) is 15.1 Å². The molecule has 3 aromatic heterocycles. The quantitative estimate of drug-likeness (QED) is 0.245. The zero-order valence-electron chi connectivity index (χ0n) is 16.8. The second-order valence-electron chi connectivity index (χ2n) is 8.01. The second kappa shape index (κ2) is 7.33. The van der Waals surface area contributed by atoms with E-state index < -0.39 is 5.41 Å². The van der Waals surface area contributed by atoms with Gasteiger partial charge in [0.15, 0.2) is 11.5 Å². The molecule has 1 unspecified atom stereocenters. The zero-order valence-corrected chi connectivity index (χ0v) is 19.0. The summed E-state index contributed by atoms with van der Waals surface area (Å²) in [6.07, 6.45) is 2.58. The normalized spacial score (nSPS) is 16.8. The van der Waals surface area contributed by atoms with E-state index in [0.717, 1.165) is 20.9 Å². The summed E-state index contributed by atoms with van der Waals surface area (Å²) in [6.45, 7) is 4.23. The molecule has 4 heterocycles. The fourth-order valence-corrected chi connectivity index (χ4v) is 5.15. The Morgan fingerprint density at radius 3 is 2.81 bits per heavy atom. The number of hydrogen-bond donors (Lipinski definition) is 1. The third-order valence-electron chi connectivity index (χ3n) is 5.71. The summed E-state index contributed by atoms with van der Waals surface area (Å²) in [5.74, 6) is 0.777. The van der Waals surface area contributed by atoms with Crippen LogP contribution in [0.1, 0.15) is 25.0 Å². The van der Waals surface area contributed by atoms with Gasteiger partial charge in [-0.2, -0.15) is 5.10 Å². The highest BCUT2D eigenvalue weighted by Crippen LogP contribution is 2.42. The van der Waals surface area contributed by atoms with Gasteiger partial charge in [0.05, 0.1) is 18.0 Å². The van der Waals surface area contributed by atoms with Gasteiger partial charge in [0.25, 0.3) is 0 Å². The molecule has 0 saturated heterocycles. The van der Waals surface area contributed by atoms with Crippen LogP contribution in [0.25, 0.3) is 22.6 Å². The van der Waals surface area contributed by atoms with Crippen molar-refractivity contribution in [3.05, 3.63) is 63.2 Å². The van der Waals surface area contributed by atoms with Crippen molar-refractivity contribution in [3.63, 3.8) is 0 Å². The lowest BCUT2D eigenvalue weighted by Gasteiger charge is -2.22. The Bertz CT molecular complexity index is 1340. The van der Waals surface area contributed by atoms with Gasteiger partial charge in [0.2, 0.25) is 0 Å². The molecule has 1 N–H and O–H groups in total. The van der Waals surface area contributed by atoms with E-state index in [9.17, 15) is 9.18 Å². The molecular weight excluding hydrogens is 510 g/mol. The number of rotatable bonds is 4. The van der Waals surface area contributed by atoms with Crippen LogP contribution in [0.4, 0.5) is 10.2 Å². The lowest BCUT2D eigenvalue weighted by atomic mass is 9.82. The number of aldehydes is 1. The van der Waals surface area contributed by atoms with Gasteiger partial charge in [-0.15, -0.1) is 0 Å². The fourth-order valence-electron chi connectivity index (χ4n) is 3.97. The number of halogens is 2. The Labute approximate surface area is 191 Å². The summed E-state index contributed by atoms with van der Waals surface area (Å²) in [7, 11) is 0. The Morgan fingerprint density at radius 2 is 2.03 bits per heavy atom. The minimum Gasteiger partial charge on any atom is -0.359 e. The summed E-state index contributed by atoms with van der Waals surface area (Å²) < 4.78 is 16.7. The highest BCUT2D eigenvalue weighted by Gasteiger charge is 2.42. The largest absolute Gasteiger partial charge is 0.359 e. The van der Waals surface area contributed by atoms with Gasteiger partial charge in [-0.3, -0.25) is 0 Å². The Kier molecular flexibility index (Phi) is 4.72. The third kappa shape index (κ3) is 3.18. The Morgan fingerprint density at radius 1 is 1.23 bits per heavy atom. The average Bonchev–Trinajstić information content (AvgIpc) is 3.24. The van der Waals surface area contributed by atoms with Crippen LogP contribution in [0.3, 0.4) is 0 Å². The predicted molar refractivity (Wildman–Crippen MR) is 123 cm³/mol. The fraction of sp³-hybridized carbons (Fsp3) is 0.227. The maximum Gasteiger partial charge on any atom is 0.183 e. The van der Waals surface area contributed by atoms with E-state index in [1.165, 1.54) is 6.07 Å². The molecule has 156 valence electrons. The van der Waals surface area contributed by atoms with Crippen molar-refractivity contribution in [1.82, 2.24) is 24.7 Å². The van der Waals surface area contributed by atoms with Crippen LogP contribution in [-0.4, -0.2) is 37.1 Å². The smallest absolute Gasteiger partial charge is 0.183 e. The molecule has 0 spiro atoms. The first-order valence-electron chi connectivity index (χ1n) is 9.75. The second-order valence-corrected chi connectivity index (χ2v) is 9.04. The maximum atomic E-state index is 14.2. The van der Waals surface area contributed by atoms with E-state index in [2.05, 4.69) is 32.9 Å². The highest BCUT2D eigenvalue weighted by molar-refractivity contribution is 14.1. The third-order valence-corrected chi connectivity index (χ3v) is 6.49. The number of nitrogens with one attached hydrogen (secondary N) is 1. The molecule has 4 aromatic rings. The molecule has 1 atom stereocenters. The SMILES string of the molecule is CC1(C)c2c(I)nc(-c3nn(Cc4ccccc4F)c4ncccc34)nc2NC1C=O. The van der Waals surface area contributed by atoms with Gasteiger partial charge in [-0.1, -0.05) is 32.0 Å². The molecule has 7 nitrogen and oxygen atoms in total. The van der Waals surface area contributed by atoms with Crippen LogP contribution in [0, 0.1) is 9.52 Å². The van der Waals surface area contributed by atoms with Crippen molar-refractivity contribution in [3.8, 4) is 11.5 Å². The predicted octanol–water partition coefficient (Wildman–Crippen LogP) is 3.95. The first-order chi connectivity index (χ1) is 14.9. The van der Waals surface area contributed by atoms with E-state index in [0.29, 0.717) is 28.5 Å². The van der Waals surface area contributed by atoms with Crippen molar-refractivity contribution in [2.45, 2.75) is 31.8 Å². The maximum absolute atomic E-state index is 14.2. The molecule has 0 amide bonds. The number of hydrogen-bond acceptors (Lipinski definition) is 6. The van der Waals surface area contributed by atoms with Gasteiger partial charge in [0.1, 0.15) is 27.3 Å². The first kappa shape index (κ1) is 20.0. The summed E-state index contributed by atoms with van der Waals surface area (Å²) in [5.41, 5.74) is 2.21. The van der Waals surface area contributed by atoms with Gasteiger partial charge < -0.3 is 10.1 Å². The number of aromatic nitrogens is 5. The summed E-state index contributed by atoms with van der Waals surface area (Å²) in [5, 5.41) is 8.68. The summed E-state index contributed by atoms with van der Waals surface area (Å²) >= 11 is 2.18. The van der Waals surface area contributed by atoms with E-state index in [1.807, 2.05) is 26.0 Å². The monoisotopic (exact) mass is 528 g/mol. The average molecular weight is 528 g/mol. The molecule has 9 heteroatoms. The van der Waals surface area contributed by atoms with Gasteiger partial charge in [-0.25, -0.2) is 24.0 Å². The molecule has 31 heavy (non-hydrogen) atoms. The number of nitrogens with zero attached hydrogens (tertiary/aromatic N) is 5. The molecule has 0 bridgehead atoms. The van der Waals surface area contributed by atoms with Crippen LogP contribution in [-0.2, 0) is 16.8 Å². The van der Waals surface area contributed by atoms with Crippen molar-refractivity contribution < 1.29 is 9.18 Å². The van der Waals surface area contributed by atoms with Gasteiger partial charge >= 0.3 is 0 Å². The standard InChI is InChI=1S/C22H18FIN6O/c1-22(2)15(11-31)26-19-16(22)18(24)27-20(28-19)17-13-7-5-9-25-21(13)30(29-17)10-12-6-3-4-8-14(12)23/h3-9,11,15H,10H2,1-2H3,(H,26,27,28). The van der Waals surface area contributed by atoms with Crippen LogP contribution in [0.5, 0.6) is 0 Å². The molecule has 0 saturated carbocycles. The van der Waals surface area contributed by atoms with E-state index in [1.54, 1.807) is 29.1 Å². The minimum absolute atomic E-state index is 0.237. The zero-order chi connectivity index (χ0) is 21.8. The summed E-state index contributed by atoms with van der Waals surface area (Å²) in [4.78, 5) is 25.4. The Hall–Kier alpha value is -2.95. The number of pyridine rings is 1. The van der Waals surface area contributed by atoms with Crippen molar-refractivity contribution in [2.75, 3.05) is 5.32 Å². The van der Waals surface area contributed by atoms with E-state index >= 15 is 0 Å². The molecular formula is C22H18FIN6O. The topological polar surface area (TPSA) is 85.6 Å². The molecule has 0 aliphatic carbocycles. The molecule has 1 aromatic carbocycles. The lowest BCUT2D eigenvalue weighted by Crippen LogP contribution is -2.34. The minimum atomic E-state index is -0.417. The number of benzene rings is 1. The van der Waals surface area contributed by atoms with Crippen LogP contribution in [0.15, 0.2) is 42.6 Å². The van der Waals surface area contributed by atoms with Gasteiger partial charge in [0, 0.05) is 22.7 Å².